The molecule has 0 aliphatic heterocycles. The lowest BCUT2D eigenvalue weighted by Crippen LogP contribution is -2.41. The molecule has 1 saturated carbocycles. The van der Waals surface area contributed by atoms with Crippen LogP contribution >= 0.6 is 0 Å². The van der Waals surface area contributed by atoms with Gasteiger partial charge in [-0.3, -0.25) is 0 Å². The normalized spacial score (nSPS) is 19.8. The molecule has 0 heterocycles. The van der Waals surface area contributed by atoms with Gasteiger partial charge >= 0.3 is 0 Å². The minimum absolute atomic E-state index is 0.377. The van der Waals surface area contributed by atoms with Gasteiger partial charge in [-0.15, -0.1) is 0 Å². The van der Waals surface area contributed by atoms with E-state index in [1.54, 1.807) is 0 Å². The lowest BCUT2D eigenvalue weighted by molar-refractivity contribution is 0.272. The number of hydrogen-bond donors (Lipinski definition) is 0. The lowest BCUT2D eigenvalue weighted by atomic mass is 10.2. The molecular weight excluding hydrogens is 164 g/mol. The van der Waals surface area contributed by atoms with Crippen LogP contribution in [-0.2, 0) is 4.43 Å². The molecule has 1 nitrogen and oxygen atoms in total. The summed E-state index contributed by atoms with van der Waals surface area (Å²) in [5.41, 5.74) is 0. The zero-order chi connectivity index (χ0) is 9.41. The molecule has 0 spiro atoms. The van der Waals surface area contributed by atoms with Gasteiger partial charge in [-0.2, -0.15) is 0 Å². The van der Waals surface area contributed by atoms with Crippen molar-refractivity contribution in [3.63, 3.8) is 0 Å². The minimum Gasteiger partial charge on any atom is -0.417 e. The van der Waals surface area contributed by atoms with E-state index in [1.807, 2.05) is 0 Å². The Morgan fingerprint density at radius 2 is 1.75 bits per heavy atom. The van der Waals surface area contributed by atoms with Crippen molar-refractivity contribution in [2.75, 3.05) is 6.61 Å². The second kappa shape index (κ2) is 3.15. The third-order valence-electron chi connectivity index (χ3n) is 3.18. The molecular formula is C10H22OSi. The quantitative estimate of drug-likeness (QED) is 0.614. The molecule has 0 saturated heterocycles. The first kappa shape index (κ1) is 10.3. The Morgan fingerprint density at radius 1 is 1.25 bits per heavy atom. The Kier molecular flexibility index (Phi) is 2.69. The van der Waals surface area contributed by atoms with Crippen molar-refractivity contribution in [3.8, 4) is 0 Å². The highest BCUT2D eigenvalue weighted by molar-refractivity contribution is 6.74. The summed E-state index contributed by atoms with van der Waals surface area (Å²) >= 11 is 0. The van der Waals surface area contributed by atoms with E-state index in [2.05, 4.69) is 33.9 Å². The Morgan fingerprint density at radius 3 is 2.08 bits per heavy atom. The van der Waals surface area contributed by atoms with Crippen molar-refractivity contribution in [1.29, 1.82) is 0 Å². The average molecular weight is 186 g/mol. The van der Waals surface area contributed by atoms with E-state index in [0.29, 0.717) is 5.04 Å². The highest BCUT2D eigenvalue weighted by Gasteiger charge is 2.38. The van der Waals surface area contributed by atoms with Crippen molar-refractivity contribution in [2.24, 2.45) is 5.92 Å². The van der Waals surface area contributed by atoms with Gasteiger partial charge in [0.05, 0.1) is 0 Å². The van der Waals surface area contributed by atoms with Crippen molar-refractivity contribution >= 4 is 8.32 Å². The van der Waals surface area contributed by atoms with Gasteiger partial charge in [-0.25, -0.2) is 0 Å². The third-order valence-corrected chi connectivity index (χ3v) is 7.68. The second-order valence-corrected chi connectivity index (χ2v) is 10.3. The maximum absolute atomic E-state index is 6.06. The highest BCUT2D eigenvalue weighted by atomic mass is 28.4. The standard InChI is InChI=1S/C10H22OSi/c1-10(2,3)12(4,5)11-8-9-6-7-9/h9H,6-8H2,1-5H3. The summed E-state index contributed by atoms with van der Waals surface area (Å²) in [7, 11) is -1.43. The molecule has 0 radical (unpaired) electrons. The second-order valence-electron chi connectivity index (χ2n) is 5.51. The molecule has 72 valence electrons. The molecule has 0 atom stereocenters. The van der Waals surface area contributed by atoms with Crippen LogP contribution in [0.25, 0.3) is 0 Å². The van der Waals surface area contributed by atoms with Gasteiger partial charge in [0, 0.05) is 6.61 Å². The molecule has 12 heavy (non-hydrogen) atoms. The lowest BCUT2D eigenvalue weighted by Gasteiger charge is -2.36. The molecule has 0 unspecified atom stereocenters. The molecule has 0 aromatic rings. The summed E-state index contributed by atoms with van der Waals surface area (Å²) in [4.78, 5) is 0. The molecule has 0 N–H and O–H groups in total. The predicted molar refractivity (Wildman–Crippen MR) is 55.9 cm³/mol. The fourth-order valence-electron chi connectivity index (χ4n) is 0.827. The molecule has 0 aromatic carbocycles. The number of rotatable bonds is 3. The fraction of sp³-hybridized carbons (Fsp3) is 1.00. The minimum atomic E-state index is -1.43. The van der Waals surface area contributed by atoms with Crippen LogP contribution in [0.2, 0.25) is 18.1 Å². The molecule has 1 aliphatic carbocycles. The van der Waals surface area contributed by atoms with Crippen LogP contribution in [0.1, 0.15) is 33.6 Å². The molecule has 2 heteroatoms. The van der Waals surface area contributed by atoms with E-state index in [0.717, 1.165) is 12.5 Å². The van der Waals surface area contributed by atoms with Crippen LogP contribution < -0.4 is 0 Å². The number of hydrogen-bond acceptors (Lipinski definition) is 1. The van der Waals surface area contributed by atoms with Crippen LogP contribution in [0.3, 0.4) is 0 Å². The van der Waals surface area contributed by atoms with Gasteiger partial charge in [0.2, 0.25) is 0 Å². The van der Waals surface area contributed by atoms with E-state index in [4.69, 9.17) is 4.43 Å². The van der Waals surface area contributed by atoms with Crippen molar-refractivity contribution in [2.45, 2.75) is 51.7 Å². The Balaban J connectivity index is 2.35. The SMILES string of the molecule is CC(C)(C)[Si](C)(C)OCC1CC1. The van der Waals surface area contributed by atoms with Crippen LogP contribution in [0.4, 0.5) is 0 Å². The average Bonchev–Trinajstić information content (AvgIpc) is 2.62. The first-order chi connectivity index (χ1) is 5.33. The van der Waals surface area contributed by atoms with E-state index in [1.165, 1.54) is 12.8 Å². The molecule has 0 amide bonds. The van der Waals surface area contributed by atoms with Crippen molar-refractivity contribution in [3.05, 3.63) is 0 Å². The van der Waals surface area contributed by atoms with Crippen LogP contribution in [0.5, 0.6) is 0 Å². The van der Waals surface area contributed by atoms with Gasteiger partial charge < -0.3 is 4.43 Å². The fourth-order valence-corrected chi connectivity index (χ4v) is 1.91. The zero-order valence-corrected chi connectivity index (χ0v) is 10.1. The van der Waals surface area contributed by atoms with Crippen molar-refractivity contribution in [1.82, 2.24) is 0 Å². The van der Waals surface area contributed by atoms with Crippen molar-refractivity contribution < 1.29 is 4.43 Å². The van der Waals surface area contributed by atoms with Crippen LogP contribution in [0, 0.1) is 5.92 Å². The van der Waals surface area contributed by atoms with E-state index in [-0.39, 0.29) is 0 Å². The summed E-state index contributed by atoms with van der Waals surface area (Å²) in [5, 5.41) is 0.377. The summed E-state index contributed by atoms with van der Waals surface area (Å²) in [5.74, 6) is 0.902. The zero-order valence-electron chi connectivity index (χ0n) is 9.11. The van der Waals surface area contributed by atoms with Gasteiger partial charge in [0.25, 0.3) is 0 Å². The molecule has 0 aromatic heterocycles. The largest absolute Gasteiger partial charge is 0.417 e. The maximum Gasteiger partial charge on any atom is 0.191 e. The van der Waals surface area contributed by atoms with Gasteiger partial charge in [0.15, 0.2) is 8.32 Å². The highest BCUT2D eigenvalue weighted by Crippen LogP contribution is 2.38. The third kappa shape index (κ3) is 2.59. The topological polar surface area (TPSA) is 9.23 Å². The molecule has 1 aliphatic rings. The van der Waals surface area contributed by atoms with Crippen LogP contribution in [0.15, 0.2) is 0 Å². The molecule has 1 rings (SSSR count). The molecule has 1 fully saturated rings. The van der Waals surface area contributed by atoms with Gasteiger partial charge in [-0.05, 0) is 36.9 Å². The summed E-state index contributed by atoms with van der Waals surface area (Å²) in [6.07, 6.45) is 2.79. The predicted octanol–water partition coefficient (Wildman–Crippen LogP) is 3.42. The van der Waals surface area contributed by atoms with E-state index >= 15 is 0 Å². The van der Waals surface area contributed by atoms with E-state index in [9.17, 15) is 0 Å². The van der Waals surface area contributed by atoms with Gasteiger partial charge in [0.1, 0.15) is 0 Å². The first-order valence-corrected chi connectivity index (χ1v) is 7.88. The smallest absolute Gasteiger partial charge is 0.191 e. The summed E-state index contributed by atoms with van der Waals surface area (Å²) < 4.78 is 6.06. The molecule has 0 bridgehead atoms. The van der Waals surface area contributed by atoms with Gasteiger partial charge in [-0.1, -0.05) is 20.8 Å². The summed E-state index contributed by atoms with van der Waals surface area (Å²) in [6.45, 7) is 12.6. The Bertz CT molecular complexity index is 154. The summed E-state index contributed by atoms with van der Waals surface area (Å²) in [6, 6.07) is 0. The Hall–Kier alpha value is 0.177. The van der Waals surface area contributed by atoms with Crippen LogP contribution in [-0.4, -0.2) is 14.9 Å². The maximum atomic E-state index is 6.06. The Labute approximate surface area is 77.6 Å². The monoisotopic (exact) mass is 186 g/mol. The van der Waals surface area contributed by atoms with E-state index < -0.39 is 8.32 Å². The first-order valence-electron chi connectivity index (χ1n) is 4.97.